The molecule has 4 nitrogen and oxygen atoms in total. The lowest BCUT2D eigenvalue weighted by Gasteiger charge is -2.12. The highest BCUT2D eigenvalue weighted by Crippen LogP contribution is 2.22. The van der Waals surface area contributed by atoms with Gasteiger partial charge in [-0.1, -0.05) is 60.1 Å². The van der Waals surface area contributed by atoms with E-state index in [4.69, 9.17) is 16.7 Å². The fourth-order valence-electron chi connectivity index (χ4n) is 3.20. The first-order valence-corrected chi connectivity index (χ1v) is 9.97. The number of nitrogens with one attached hydrogen (secondary N) is 1. The van der Waals surface area contributed by atoms with Gasteiger partial charge in [0.25, 0.3) is 0 Å². The summed E-state index contributed by atoms with van der Waals surface area (Å²) in [5.74, 6) is -0.918. The number of benzene rings is 3. The van der Waals surface area contributed by atoms with E-state index in [0.717, 1.165) is 36.1 Å². The minimum absolute atomic E-state index is 0. The van der Waals surface area contributed by atoms with E-state index in [2.05, 4.69) is 17.4 Å². The van der Waals surface area contributed by atoms with E-state index >= 15 is 0 Å². The van der Waals surface area contributed by atoms with E-state index < -0.39 is 12.1 Å². The molecule has 0 fully saturated rings. The fourth-order valence-corrected chi connectivity index (χ4v) is 3.40. The molecule has 0 aromatic heterocycles. The van der Waals surface area contributed by atoms with Crippen molar-refractivity contribution in [3.8, 4) is 11.1 Å². The Morgan fingerprint density at radius 2 is 1.70 bits per heavy atom. The Morgan fingerprint density at radius 1 is 0.967 bits per heavy atom. The van der Waals surface area contributed by atoms with Crippen molar-refractivity contribution < 1.29 is 15.0 Å². The summed E-state index contributed by atoms with van der Waals surface area (Å²) in [5, 5.41) is 23.1. The van der Waals surface area contributed by atoms with Crippen molar-refractivity contribution in [1.82, 2.24) is 5.32 Å². The Kier molecular flexibility index (Phi) is 9.34. The average molecular weight is 446 g/mol. The summed E-state index contributed by atoms with van der Waals surface area (Å²) >= 11 is 5.96. The molecule has 0 saturated carbocycles. The van der Waals surface area contributed by atoms with Gasteiger partial charge in [-0.2, -0.15) is 0 Å². The van der Waals surface area contributed by atoms with Gasteiger partial charge < -0.3 is 15.5 Å². The molecule has 0 saturated heterocycles. The van der Waals surface area contributed by atoms with Crippen LogP contribution in [0.5, 0.6) is 0 Å². The van der Waals surface area contributed by atoms with Crippen molar-refractivity contribution in [3.63, 3.8) is 0 Å². The summed E-state index contributed by atoms with van der Waals surface area (Å²) in [6, 6.07) is 22.5. The Hall–Kier alpha value is -2.37. The van der Waals surface area contributed by atoms with Crippen molar-refractivity contribution in [3.05, 3.63) is 94.5 Å². The van der Waals surface area contributed by atoms with Gasteiger partial charge in [-0.05, 0) is 65.9 Å². The van der Waals surface area contributed by atoms with Crippen molar-refractivity contribution in [2.75, 3.05) is 13.1 Å². The normalized spacial score (nSPS) is 11.5. The molecule has 30 heavy (non-hydrogen) atoms. The quantitative estimate of drug-likeness (QED) is 0.386. The third-order valence-corrected chi connectivity index (χ3v) is 5.02. The van der Waals surface area contributed by atoms with Crippen LogP contribution in [-0.2, 0) is 6.42 Å². The Balaban J connectivity index is 0.00000320. The number of aryl methyl sites for hydroxylation is 1. The molecule has 3 N–H and O–H groups in total. The number of halogens is 2. The van der Waals surface area contributed by atoms with Gasteiger partial charge in [0.05, 0.1) is 11.7 Å². The molecule has 0 aliphatic heterocycles. The molecule has 0 aliphatic carbocycles. The monoisotopic (exact) mass is 445 g/mol. The number of aliphatic hydroxyl groups excluding tert-OH is 1. The van der Waals surface area contributed by atoms with Crippen LogP contribution in [0.1, 0.15) is 34.0 Å². The van der Waals surface area contributed by atoms with Gasteiger partial charge in [0, 0.05) is 11.6 Å². The van der Waals surface area contributed by atoms with Crippen LogP contribution in [0, 0.1) is 0 Å². The van der Waals surface area contributed by atoms with Gasteiger partial charge in [-0.15, -0.1) is 12.4 Å². The summed E-state index contributed by atoms with van der Waals surface area (Å²) in [7, 11) is 0. The van der Waals surface area contributed by atoms with Crippen molar-refractivity contribution in [1.29, 1.82) is 0 Å². The molecular weight excluding hydrogens is 421 g/mol. The second kappa shape index (κ2) is 11.7. The lowest BCUT2D eigenvalue weighted by molar-refractivity contribution is 0.0697. The lowest BCUT2D eigenvalue weighted by Crippen LogP contribution is -2.22. The van der Waals surface area contributed by atoms with E-state index in [-0.39, 0.29) is 18.0 Å². The maximum absolute atomic E-state index is 11.0. The van der Waals surface area contributed by atoms with Crippen LogP contribution >= 0.6 is 24.0 Å². The maximum atomic E-state index is 11.0. The Morgan fingerprint density at radius 3 is 2.40 bits per heavy atom. The summed E-state index contributed by atoms with van der Waals surface area (Å²) in [6.07, 6.45) is 1.29. The van der Waals surface area contributed by atoms with Crippen LogP contribution in [0.2, 0.25) is 5.02 Å². The predicted octanol–water partition coefficient (Wildman–Crippen LogP) is 5.38. The zero-order valence-corrected chi connectivity index (χ0v) is 18.0. The molecule has 158 valence electrons. The second-order valence-electron chi connectivity index (χ2n) is 6.96. The molecule has 1 atom stereocenters. The molecule has 0 unspecified atom stereocenters. The number of hydrogen-bond donors (Lipinski definition) is 3. The molecule has 0 heterocycles. The number of hydrogen-bond acceptors (Lipinski definition) is 3. The molecule has 0 bridgehead atoms. The third kappa shape index (κ3) is 6.85. The van der Waals surface area contributed by atoms with Gasteiger partial charge in [0.15, 0.2) is 0 Å². The topological polar surface area (TPSA) is 69.6 Å². The smallest absolute Gasteiger partial charge is 0.335 e. The zero-order valence-electron chi connectivity index (χ0n) is 16.4. The highest BCUT2D eigenvalue weighted by atomic mass is 35.5. The van der Waals surface area contributed by atoms with Crippen LogP contribution in [0.25, 0.3) is 11.1 Å². The van der Waals surface area contributed by atoms with Crippen LogP contribution in [-0.4, -0.2) is 29.3 Å². The van der Waals surface area contributed by atoms with Crippen LogP contribution in [0.15, 0.2) is 72.8 Å². The number of aliphatic hydroxyl groups is 1. The molecule has 0 spiro atoms. The van der Waals surface area contributed by atoms with Gasteiger partial charge in [-0.25, -0.2) is 4.79 Å². The van der Waals surface area contributed by atoms with Crippen LogP contribution < -0.4 is 5.32 Å². The standard InChI is InChI=1S/C24H24ClNO3.ClH/c25-22-8-2-7-21(15-22)23(27)16-26-13-3-5-17-4-1-6-20(14-17)18-9-11-19(12-10-18)24(28)29;/h1-2,4,6-12,14-15,23,26-27H,3,5,13,16H2,(H,28,29);1H/t23-;/m0./s1. The first-order valence-electron chi connectivity index (χ1n) is 9.60. The van der Waals surface area contributed by atoms with Crippen molar-refractivity contribution in [2.24, 2.45) is 0 Å². The molecule has 0 radical (unpaired) electrons. The maximum Gasteiger partial charge on any atom is 0.335 e. The SMILES string of the molecule is Cl.O=C(O)c1ccc(-c2cccc(CCCNC[C@H](O)c3cccc(Cl)c3)c2)cc1. The average Bonchev–Trinajstić information content (AvgIpc) is 2.73. The Bertz CT molecular complexity index is 961. The van der Waals surface area contributed by atoms with Crippen molar-refractivity contribution in [2.45, 2.75) is 18.9 Å². The number of carbonyl (C=O) groups is 1. The summed E-state index contributed by atoms with van der Waals surface area (Å²) in [4.78, 5) is 11.0. The van der Waals surface area contributed by atoms with Gasteiger partial charge in [-0.3, -0.25) is 0 Å². The lowest BCUT2D eigenvalue weighted by atomic mass is 10.00. The number of rotatable bonds is 9. The largest absolute Gasteiger partial charge is 0.478 e. The van der Waals surface area contributed by atoms with Gasteiger partial charge in [0.1, 0.15) is 0 Å². The summed E-state index contributed by atoms with van der Waals surface area (Å²) < 4.78 is 0. The molecule has 3 rings (SSSR count). The minimum atomic E-state index is -0.918. The highest BCUT2D eigenvalue weighted by molar-refractivity contribution is 6.30. The van der Waals surface area contributed by atoms with E-state index in [0.29, 0.717) is 11.6 Å². The number of carboxylic acid groups (broad SMARTS) is 1. The summed E-state index contributed by atoms with van der Waals surface area (Å²) in [6.45, 7) is 1.28. The van der Waals surface area contributed by atoms with E-state index in [1.807, 2.05) is 36.4 Å². The Labute approximate surface area is 187 Å². The molecule has 6 heteroatoms. The summed E-state index contributed by atoms with van der Waals surface area (Å²) in [5.41, 5.74) is 4.40. The molecule has 3 aromatic carbocycles. The predicted molar refractivity (Wildman–Crippen MR) is 124 cm³/mol. The van der Waals surface area contributed by atoms with Crippen LogP contribution in [0.3, 0.4) is 0 Å². The van der Waals surface area contributed by atoms with Gasteiger partial charge >= 0.3 is 5.97 Å². The molecule has 3 aromatic rings. The van der Waals surface area contributed by atoms with Crippen molar-refractivity contribution >= 4 is 30.0 Å². The van der Waals surface area contributed by atoms with Crippen LogP contribution in [0.4, 0.5) is 0 Å². The zero-order chi connectivity index (χ0) is 20.6. The molecule has 0 aliphatic rings. The minimum Gasteiger partial charge on any atom is -0.478 e. The highest BCUT2D eigenvalue weighted by Gasteiger charge is 2.07. The van der Waals surface area contributed by atoms with Gasteiger partial charge in [0.2, 0.25) is 0 Å². The second-order valence-corrected chi connectivity index (χ2v) is 7.40. The molecule has 0 amide bonds. The number of aromatic carboxylic acids is 1. The van der Waals surface area contributed by atoms with E-state index in [1.54, 1.807) is 24.3 Å². The first-order chi connectivity index (χ1) is 14.0. The molecular formula is C24H25Cl2NO3. The fraction of sp³-hybridized carbons (Fsp3) is 0.208. The first kappa shape index (κ1) is 23.9. The number of carboxylic acids is 1. The van der Waals surface area contributed by atoms with E-state index in [9.17, 15) is 9.90 Å². The third-order valence-electron chi connectivity index (χ3n) is 4.78. The van der Waals surface area contributed by atoms with E-state index in [1.165, 1.54) is 5.56 Å².